The summed E-state index contributed by atoms with van der Waals surface area (Å²) < 4.78 is 42.3. The fourth-order valence-corrected chi connectivity index (χ4v) is 4.16. The predicted molar refractivity (Wildman–Crippen MR) is 114 cm³/mol. The van der Waals surface area contributed by atoms with Crippen LogP contribution in [0.4, 0.5) is 13.2 Å². The molecule has 0 bridgehead atoms. The Bertz CT molecular complexity index is 1120. The monoisotopic (exact) mass is 404 g/mol. The minimum Gasteiger partial charge on any atom is -0.207 e. The van der Waals surface area contributed by atoms with Gasteiger partial charge >= 0.3 is 0 Å². The Labute approximate surface area is 175 Å². The lowest BCUT2D eigenvalue weighted by Gasteiger charge is -2.26. The lowest BCUT2D eigenvalue weighted by molar-refractivity contribution is 0.529. The molecule has 0 saturated heterocycles. The molecule has 0 heterocycles. The molecule has 1 aliphatic rings. The van der Waals surface area contributed by atoms with E-state index in [4.69, 9.17) is 0 Å². The van der Waals surface area contributed by atoms with E-state index in [0.717, 1.165) is 47.9 Å². The number of hydrogen-bond donors (Lipinski definition) is 0. The van der Waals surface area contributed by atoms with Crippen molar-refractivity contribution in [2.24, 2.45) is 0 Å². The Hall–Kier alpha value is -2.99. The summed E-state index contributed by atoms with van der Waals surface area (Å²) in [7, 11) is 0. The molecule has 0 fully saturated rings. The van der Waals surface area contributed by atoms with Crippen LogP contribution in [0.25, 0.3) is 0 Å². The third-order valence-corrected chi connectivity index (χ3v) is 5.75. The van der Waals surface area contributed by atoms with Crippen LogP contribution in [0.3, 0.4) is 0 Å². The normalized spacial score (nSPS) is 15.3. The zero-order chi connectivity index (χ0) is 21.1. The zero-order valence-corrected chi connectivity index (χ0v) is 16.9. The van der Waals surface area contributed by atoms with E-state index in [1.54, 1.807) is 30.3 Å². The maximum absolute atomic E-state index is 14.7. The van der Waals surface area contributed by atoms with Gasteiger partial charge in [-0.05, 0) is 96.3 Å². The lowest BCUT2D eigenvalue weighted by atomic mass is 9.79. The van der Waals surface area contributed by atoms with Crippen LogP contribution in [0, 0.1) is 29.3 Å². The van der Waals surface area contributed by atoms with Crippen molar-refractivity contribution in [1.29, 1.82) is 0 Å². The van der Waals surface area contributed by atoms with Crippen LogP contribution < -0.4 is 0 Å². The Morgan fingerprint density at radius 2 is 1.67 bits per heavy atom. The van der Waals surface area contributed by atoms with Gasteiger partial charge in [0.05, 0.1) is 5.56 Å². The zero-order valence-electron chi connectivity index (χ0n) is 16.9. The molecule has 152 valence electrons. The standard InChI is InChI=1S/C27H23F3/c1-2-3-19-7-13-25(27(30)14-19)21-10-9-20-15-22(26(29)17-23(20)16-21)8-4-18-5-11-24(28)12-6-18/h5-7,11-15,17,21H,2-3,9-10,16H2,1H3. The Morgan fingerprint density at radius 3 is 2.40 bits per heavy atom. The van der Waals surface area contributed by atoms with Crippen LogP contribution in [0.15, 0.2) is 54.6 Å². The fraction of sp³-hybridized carbons (Fsp3) is 0.259. The van der Waals surface area contributed by atoms with E-state index in [1.807, 2.05) is 12.1 Å². The summed E-state index contributed by atoms with van der Waals surface area (Å²) in [4.78, 5) is 0. The van der Waals surface area contributed by atoms with Crippen LogP contribution >= 0.6 is 0 Å². The van der Waals surface area contributed by atoms with E-state index >= 15 is 0 Å². The molecule has 30 heavy (non-hydrogen) atoms. The molecule has 0 aromatic heterocycles. The molecule has 1 unspecified atom stereocenters. The van der Waals surface area contributed by atoms with Crippen molar-refractivity contribution >= 4 is 0 Å². The van der Waals surface area contributed by atoms with Gasteiger partial charge in [-0.3, -0.25) is 0 Å². The molecule has 0 spiro atoms. The van der Waals surface area contributed by atoms with E-state index in [9.17, 15) is 13.2 Å². The second-order valence-electron chi connectivity index (χ2n) is 7.90. The molecular weight excluding hydrogens is 381 g/mol. The first-order valence-corrected chi connectivity index (χ1v) is 10.4. The maximum Gasteiger partial charge on any atom is 0.139 e. The molecular formula is C27H23F3. The van der Waals surface area contributed by atoms with Gasteiger partial charge in [-0.1, -0.05) is 37.3 Å². The number of fused-ring (bicyclic) bond motifs is 1. The van der Waals surface area contributed by atoms with E-state index in [1.165, 1.54) is 12.1 Å². The van der Waals surface area contributed by atoms with Gasteiger partial charge in [-0.25, -0.2) is 13.2 Å². The average molecular weight is 404 g/mol. The second-order valence-corrected chi connectivity index (χ2v) is 7.90. The highest BCUT2D eigenvalue weighted by atomic mass is 19.1. The van der Waals surface area contributed by atoms with Crippen molar-refractivity contribution in [3.05, 3.63) is 105 Å². The molecule has 0 amide bonds. The van der Waals surface area contributed by atoms with Crippen molar-refractivity contribution in [2.75, 3.05) is 0 Å². The highest BCUT2D eigenvalue weighted by molar-refractivity contribution is 5.48. The van der Waals surface area contributed by atoms with E-state index < -0.39 is 0 Å². The quantitative estimate of drug-likeness (QED) is 0.425. The number of hydrogen-bond acceptors (Lipinski definition) is 0. The minimum absolute atomic E-state index is 0.0590. The van der Waals surface area contributed by atoms with Gasteiger partial charge in [0, 0.05) is 5.56 Å². The van der Waals surface area contributed by atoms with Crippen molar-refractivity contribution in [2.45, 2.75) is 44.9 Å². The molecule has 3 aromatic rings. The Balaban J connectivity index is 1.56. The van der Waals surface area contributed by atoms with Gasteiger partial charge in [-0.2, -0.15) is 0 Å². The van der Waals surface area contributed by atoms with Gasteiger partial charge in [0.2, 0.25) is 0 Å². The molecule has 1 aliphatic carbocycles. The van der Waals surface area contributed by atoms with Crippen molar-refractivity contribution < 1.29 is 13.2 Å². The lowest BCUT2D eigenvalue weighted by Crippen LogP contribution is -2.15. The van der Waals surface area contributed by atoms with Crippen molar-refractivity contribution in [1.82, 2.24) is 0 Å². The summed E-state index contributed by atoms with van der Waals surface area (Å²) in [6.45, 7) is 2.08. The van der Waals surface area contributed by atoms with Gasteiger partial charge < -0.3 is 0 Å². The van der Waals surface area contributed by atoms with Gasteiger partial charge in [0.15, 0.2) is 0 Å². The fourth-order valence-electron chi connectivity index (χ4n) is 4.16. The van der Waals surface area contributed by atoms with E-state index in [0.29, 0.717) is 17.5 Å². The summed E-state index contributed by atoms with van der Waals surface area (Å²) in [6.07, 6.45) is 4.08. The highest BCUT2D eigenvalue weighted by Gasteiger charge is 2.24. The Morgan fingerprint density at radius 1 is 0.867 bits per heavy atom. The van der Waals surface area contributed by atoms with Crippen LogP contribution in [0.5, 0.6) is 0 Å². The maximum atomic E-state index is 14.7. The third kappa shape index (κ3) is 4.44. The van der Waals surface area contributed by atoms with Gasteiger partial charge in [-0.15, -0.1) is 0 Å². The van der Waals surface area contributed by atoms with Crippen LogP contribution in [0.2, 0.25) is 0 Å². The smallest absolute Gasteiger partial charge is 0.139 e. The Kier molecular flexibility index (Phi) is 5.95. The first-order chi connectivity index (χ1) is 14.5. The SMILES string of the molecule is CCCc1ccc(C2CCc3cc(C#Cc4ccc(F)cc4)c(F)cc3C2)c(F)c1. The second kappa shape index (κ2) is 8.79. The van der Waals surface area contributed by atoms with Crippen molar-refractivity contribution in [3.63, 3.8) is 0 Å². The summed E-state index contributed by atoms with van der Waals surface area (Å²) in [5.74, 6) is 4.95. The van der Waals surface area contributed by atoms with E-state index in [-0.39, 0.29) is 23.4 Å². The average Bonchev–Trinajstić information content (AvgIpc) is 2.73. The molecule has 0 radical (unpaired) electrons. The third-order valence-electron chi connectivity index (χ3n) is 5.75. The summed E-state index contributed by atoms with van der Waals surface area (Å²) >= 11 is 0. The number of benzene rings is 3. The van der Waals surface area contributed by atoms with Crippen LogP contribution in [-0.2, 0) is 19.3 Å². The van der Waals surface area contributed by atoms with Gasteiger partial charge in [0.1, 0.15) is 17.5 Å². The first kappa shape index (κ1) is 20.3. The summed E-state index contributed by atoms with van der Waals surface area (Å²) in [5.41, 5.74) is 4.71. The van der Waals surface area contributed by atoms with Crippen LogP contribution in [0.1, 0.15) is 59.1 Å². The molecule has 1 atom stereocenters. The largest absolute Gasteiger partial charge is 0.207 e. The number of rotatable bonds is 3. The summed E-state index contributed by atoms with van der Waals surface area (Å²) in [5, 5.41) is 0. The predicted octanol–water partition coefficient (Wildman–Crippen LogP) is 6.73. The molecule has 0 saturated carbocycles. The molecule has 3 aromatic carbocycles. The molecule has 0 nitrogen and oxygen atoms in total. The highest BCUT2D eigenvalue weighted by Crippen LogP contribution is 2.35. The van der Waals surface area contributed by atoms with E-state index in [2.05, 4.69) is 18.8 Å². The van der Waals surface area contributed by atoms with Gasteiger partial charge in [0.25, 0.3) is 0 Å². The molecule has 3 heteroatoms. The number of aryl methyl sites for hydroxylation is 2. The number of halogens is 3. The topological polar surface area (TPSA) is 0 Å². The van der Waals surface area contributed by atoms with Crippen LogP contribution in [-0.4, -0.2) is 0 Å². The molecule has 0 aliphatic heterocycles. The minimum atomic E-state index is -0.372. The first-order valence-electron chi connectivity index (χ1n) is 10.4. The molecule has 0 N–H and O–H groups in total. The summed E-state index contributed by atoms with van der Waals surface area (Å²) in [6, 6.07) is 14.7. The molecule has 4 rings (SSSR count). The van der Waals surface area contributed by atoms with Crippen molar-refractivity contribution in [3.8, 4) is 11.8 Å².